The monoisotopic (exact) mass is 214 g/mol. The summed E-state index contributed by atoms with van der Waals surface area (Å²) in [5.74, 6) is 2.13. The molecule has 0 heterocycles. The largest absolute Gasteiger partial charge is 0.0847 e. The van der Waals surface area contributed by atoms with E-state index in [1.807, 2.05) is 0 Å². The fourth-order valence-electron chi connectivity index (χ4n) is 4.11. The zero-order valence-corrected chi connectivity index (χ0v) is 9.03. The fourth-order valence-corrected chi connectivity index (χ4v) is 5.23. The average molecular weight is 215 g/mol. The SMILES string of the molecule is CC12C3CC(Br)(CC31)C2(C)C. The minimum absolute atomic E-state index is 0.518. The van der Waals surface area contributed by atoms with E-state index in [1.54, 1.807) is 0 Å². The van der Waals surface area contributed by atoms with E-state index in [-0.39, 0.29) is 0 Å². The Labute approximate surface area is 76.9 Å². The van der Waals surface area contributed by atoms with Crippen LogP contribution >= 0.6 is 15.9 Å². The van der Waals surface area contributed by atoms with Crippen LogP contribution in [0.5, 0.6) is 0 Å². The van der Waals surface area contributed by atoms with Gasteiger partial charge in [0.05, 0.1) is 0 Å². The van der Waals surface area contributed by atoms with E-state index >= 15 is 0 Å². The first-order valence-corrected chi connectivity index (χ1v) is 5.42. The first-order chi connectivity index (χ1) is 4.93. The lowest BCUT2D eigenvalue weighted by Gasteiger charge is -2.35. The molecule has 0 saturated heterocycles. The summed E-state index contributed by atoms with van der Waals surface area (Å²) in [6.07, 6.45) is 2.89. The highest BCUT2D eigenvalue weighted by molar-refractivity contribution is 9.10. The summed E-state index contributed by atoms with van der Waals surface area (Å²) in [6, 6.07) is 0. The van der Waals surface area contributed by atoms with Crippen molar-refractivity contribution in [3.63, 3.8) is 0 Å². The lowest BCUT2D eigenvalue weighted by atomic mass is 9.76. The van der Waals surface area contributed by atoms with Gasteiger partial charge in [0.2, 0.25) is 0 Å². The van der Waals surface area contributed by atoms with Gasteiger partial charge in [0, 0.05) is 4.32 Å². The Hall–Kier alpha value is 0.480. The standard InChI is InChI=1S/C10H15Br/c1-8(2)9(3)6-4-10(8,11)5-7(6)9/h6-7H,4-5H2,1-3H3. The Bertz CT molecular complexity index is 223. The predicted molar refractivity (Wildman–Crippen MR) is 49.8 cm³/mol. The van der Waals surface area contributed by atoms with Crippen LogP contribution in [0.2, 0.25) is 0 Å². The van der Waals surface area contributed by atoms with E-state index in [2.05, 4.69) is 36.7 Å². The highest BCUT2D eigenvalue weighted by atomic mass is 79.9. The molecule has 0 aromatic carbocycles. The number of hydrogen-bond donors (Lipinski definition) is 0. The molecule has 0 amide bonds. The summed E-state index contributed by atoms with van der Waals surface area (Å²) in [5.41, 5.74) is 1.26. The van der Waals surface area contributed by atoms with Crippen molar-refractivity contribution >= 4 is 15.9 Å². The third-order valence-electron chi connectivity index (χ3n) is 5.47. The number of halogens is 1. The highest BCUT2D eigenvalue weighted by Crippen LogP contribution is 2.89. The van der Waals surface area contributed by atoms with Gasteiger partial charge in [-0.2, -0.15) is 0 Å². The van der Waals surface area contributed by atoms with Crippen LogP contribution in [0.15, 0.2) is 0 Å². The van der Waals surface area contributed by atoms with Crippen LogP contribution in [0, 0.1) is 22.7 Å². The minimum atomic E-state index is 0.518. The molecule has 0 aliphatic heterocycles. The van der Waals surface area contributed by atoms with Crippen molar-refractivity contribution in [2.24, 2.45) is 22.7 Å². The van der Waals surface area contributed by atoms with Crippen LogP contribution in [0.3, 0.4) is 0 Å². The third kappa shape index (κ3) is 0.418. The van der Waals surface area contributed by atoms with E-state index in [9.17, 15) is 0 Å². The summed E-state index contributed by atoms with van der Waals surface area (Å²) in [7, 11) is 0. The van der Waals surface area contributed by atoms with E-state index < -0.39 is 0 Å². The molecule has 62 valence electrons. The first-order valence-electron chi connectivity index (χ1n) is 4.62. The van der Waals surface area contributed by atoms with Gasteiger partial charge in [-0.25, -0.2) is 0 Å². The Balaban J connectivity index is 2.20. The molecule has 4 bridgehead atoms. The molecule has 4 aliphatic rings. The van der Waals surface area contributed by atoms with Crippen molar-refractivity contribution in [1.29, 1.82) is 0 Å². The van der Waals surface area contributed by atoms with Gasteiger partial charge in [-0.05, 0) is 35.5 Å². The normalized spacial score (nSPS) is 68.7. The van der Waals surface area contributed by atoms with Crippen molar-refractivity contribution in [3.8, 4) is 0 Å². The molecule has 0 radical (unpaired) electrons. The van der Waals surface area contributed by atoms with Crippen LogP contribution in [0.25, 0.3) is 0 Å². The maximum absolute atomic E-state index is 3.96. The molecule has 4 aliphatic carbocycles. The topological polar surface area (TPSA) is 0 Å². The van der Waals surface area contributed by atoms with Crippen molar-refractivity contribution in [2.75, 3.05) is 0 Å². The van der Waals surface area contributed by atoms with Crippen LogP contribution in [-0.4, -0.2) is 4.32 Å². The maximum atomic E-state index is 3.96. The van der Waals surface area contributed by atoms with E-state index in [1.165, 1.54) is 12.8 Å². The molecule has 2 atom stereocenters. The second-order valence-corrected chi connectivity index (χ2v) is 7.01. The fraction of sp³-hybridized carbons (Fsp3) is 1.00. The Kier molecular flexibility index (Phi) is 0.847. The molecule has 0 spiro atoms. The van der Waals surface area contributed by atoms with Crippen molar-refractivity contribution < 1.29 is 0 Å². The quantitative estimate of drug-likeness (QED) is 0.544. The average Bonchev–Trinajstić information content (AvgIpc) is 2.20. The van der Waals surface area contributed by atoms with Gasteiger partial charge in [0.1, 0.15) is 0 Å². The lowest BCUT2D eigenvalue weighted by Crippen LogP contribution is -2.33. The maximum Gasteiger partial charge on any atom is 0.0320 e. The lowest BCUT2D eigenvalue weighted by molar-refractivity contribution is 0.224. The minimum Gasteiger partial charge on any atom is -0.0847 e. The molecule has 4 saturated carbocycles. The van der Waals surface area contributed by atoms with E-state index in [4.69, 9.17) is 0 Å². The van der Waals surface area contributed by atoms with Gasteiger partial charge in [-0.3, -0.25) is 0 Å². The summed E-state index contributed by atoms with van der Waals surface area (Å²) >= 11 is 3.96. The van der Waals surface area contributed by atoms with Gasteiger partial charge in [0.15, 0.2) is 0 Å². The molecular formula is C10H15Br. The Morgan fingerprint density at radius 3 is 1.64 bits per heavy atom. The molecule has 11 heavy (non-hydrogen) atoms. The van der Waals surface area contributed by atoms with Crippen molar-refractivity contribution in [3.05, 3.63) is 0 Å². The van der Waals surface area contributed by atoms with Gasteiger partial charge in [0.25, 0.3) is 0 Å². The summed E-state index contributed by atoms with van der Waals surface area (Å²) in [5, 5.41) is 0. The zero-order chi connectivity index (χ0) is 8.07. The Morgan fingerprint density at radius 2 is 1.55 bits per heavy atom. The van der Waals surface area contributed by atoms with Crippen LogP contribution in [0.1, 0.15) is 33.6 Å². The van der Waals surface area contributed by atoms with Crippen molar-refractivity contribution in [1.82, 2.24) is 0 Å². The van der Waals surface area contributed by atoms with E-state index in [0.717, 1.165) is 11.8 Å². The summed E-state index contributed by atoms with van der Waals surface area (Å²) in [4.78, 5) is 0. The molecule has 4 fully saturated rings. The number of rotatable bonds is 0. The molecular weight excluding hydrogens is 200 g/mol. The Morgan fingerprint density at radius 1 is 1.09 bits per heavy atom. The van der Waals surface area contributed by atoms with Gasteiger partial charge in [-0.15, -0.1) is 0 Å². The van der Waals surface area contributed by atoms with Crippen LogP contribution in [-0.2, 0) is 0 Å². The zero-order valence-electron chi connectivity index (χ0n) is 7.45. The molecule has 0 aromatic rings. The van der Waals surface area contributed by atoms with E-state index in [0.29, 0.717) is 15.2 Å². The number of alkyl halides is 1. The summed E-state index contributed by atoms with van der Waals surface area (Å²) in [6.45, 7) is 7.40. The molecule has 2 unspecified atom stereocenters. The van der Waals surface area contributed by atoms with Gasteiger partial charge >= 0.3 is 0 Å². The van der Waals surface area contributed by atoms with Gasteiger partial charge < -0.3 is 0 Å². The second kappa shape index (κ2) is 1.34. The molecule has 0 N–H and O–H groups in total. The smallest absolute Gasteiger partial charge is 0.0320 e. The third-order valence-corrected chi connectivity index (χ3v) is 7.11. The molecule has 1 heteroatoms. The molecule has 0 aromatic heterocycles. The molecule has 4 rings (SSSR count). The summed E-state index contributed by atoms with van der Waals surface area (Å²) < 4.78 is 0.518. The predicted octanol–water partition coefficient (Wildman–Crippen LogP) is 3.21. The second-order valence-electron chi connectivity index (χ2n) is 5.49. The highest BCUT2D eigenvalue weighted by Gasteiger charge is 2.84. The first kappa shape index (κ1) is 6.94. The number of hydrogen-bond acceptors (Lipinski definition) is 0. The van der Waals surface area contributed by atoms with Crippen LogP contribution < -0.4 is 0 Å². The van der Waals surface area contributed by atoms with Crippen LogP contribution in [0.4, 0.5) is 0 Å². The van der Waals surface area contributed by atoms with Gasteiger partial charge in [-0.1, -0.05) is 36.7 Å². The molecule has 0 nitrogen and oxygen atoms in total. The van der Waals surface area contributed by atoms with Crippen molar-refractivity contribution in [2.45, 2.75) is 37.9 Å².